The molecular formula is C6H12O2. The Hall–Kier alpha value is -0.340. The molecule has 1 fully saturated rings. The normalized spacial score (nSPS) is 24.5. The van der Waals surface area contributed by atoms with E-state index in [-0.39, 0.29) is 0 Å². The molecule has 0 bridgehead atoms. The van der Waals surface area contributed by atoms with Crippen LogP contribution in [0.1, 0.15) is 13.8 Å². The molecule has 0 saturated carbocycles. The topological polar surface area (TPSA) is 18.5 Å². The van der Waals surface area contributed by atoms with E-state index < -0.39 is 0 Å². The van der Waals surface area contributed by atoms with Crippen molar-refractivity contribution in [3.05, 3.63) is 12.7 Å². The van der Waals surface area contributed by atoms with E-state index in [1.807, 2.05) is 13.8 Å². The van der Waals surface area contributed by atoms with Gasteiger partial charge in [-0.25, -0.2) is 9.78 Å². The van der Waals surface area contributed by atoms with Crippen molar-refractivity contribution in [2.75, 3.05) is 6.61 Å². The lowest BCUT2D eigenvalue weighted by atomic mass is 10.4. The lowest BCUT2D eigenvalue weighted by molar-refractivity contribution is -0.419. The summed E-state index contributed by atoms with van der Waals surface area (Å²) >= 11 is 0. The van der Waals surface area contributed by atoms with Crippen molar-refractivity contribution < 1.29 is 9.78 Å². The third-order valence-corrected chi connectivity index (χ3v) is 0.535. The predicted octanol–water partition coefficient (Wildman–Crippen LogP) is 1.53. The largest absolute Gasteiger partial charge is 0.234 e. The van der Waals surface area contributed by atoms with Crippen molar-refractivity contribution in [1.82, 2.24) is 0 Å². The molecule has 1 aliphatic rings. The Morgan fingerprint density at radius 2 is 2.00 bits per heavy atom. The molecule has 1 aliphatic heterocycles. The summed E-state index contributed by atoms with van der Waals surface area (Å²) in [6.45, 7) is 7.98. The van der Waals surface area contributed by atoms with Crippen LogP contribution in [-0.4, -0.2) is 12.7 Å². The van der Waals surface area contributed by atoms with E-state index in [0.717, 1.165) is 6.61 Å². The molecule has 0 N–H and O–H groups in total. The predicted molar refractivity (Wildman–Crippen MR) is 32.4 cm³/mol. The van der Waals surface area contributed by atoms with Crippen LogP contribution in [0.3, 0.4) is 0 Å². The summed E-state index contributed by atoms with van der Waals surface area (Å²) in [6.07, 6.45) is 2.09. The van der Waals surface area contributed by atoms with Gasteiger partial charge in [0.2, 0.25) is 0 Å². The summed E-state index contributed by atoms with van der Waals surface area (Å²) in [6, 6.07) is 0. The molecule has 8 heavy (non-hydrogen) atoms. The Balaban J connectivity index is 0.000000145. The van der Waals surface area contributed by atoms with Crippen LogP contribution in [0.25, 0.3) is 0 Å². The van der Waals surface area contributed by atoms with Crippen LogP contribution >= 0.6 is 0 Å². The zero-order chi connectivity index (χ0) is 6.41. The highest BCUT2D eigenvalue weighted by Crippen LogP contribution is 2.02. The number of allylic oxidation sites excluding steroid dienone is 1. The summed E-state index contributed by atoms with van der Waals surface area (Å²) in [7, 11) is 0. The highest BCUT2D eigenvalue weighted by atomic mass is 17.2. The zero-order valence-electron chi connectivity index (χ0n) is 5.39. The van der Waals surface area contributed by atoms with Gasteiger partial charge in [-0.1, -0.05) is 6.08 Å². The first-order chi connectivity index (χ1) is 3.81. The lowest BCUT2D eigenvalue weighted by Gasteiger charge is -2.18. The standard InChI is InChI=1S/C3H6O2.C3H6/c1-3-2-4-5-3;1-3-2/h3H,2H2,1H3;3H,1H2,2H3. The Labute approximate surface area is 50.0 Å². The molecule has 0 aromatic carbocycles. The van der Waals surface area contributed by atoms with Crippen molar-refractivity contribution in [3.8, 4) is 0 Å². The fourth-order valence-corrected chi connectivity index (χ4v) is 0.204. The molecule has 0 amide bonds. The highest BCUT2D eigenvalue weighted by Gasteiger charge is 2.11. The molecule has 1 unspecified atom stereocenters. The molecular weight excluding hydrogens is 104 g/mol. The second kappa shape index (κ2) is 4.81. The third kappa shape index (κ3) is 3.84. The maximum Gasteiger partial charge on any atom is 0.117 e. The van der Waals surface area contributed by atoms with Gasteiger partial charge in [0.1, 0.15) is 12.7 Å². The summed E-state index contributed by atoms with van der Waals surface area (Å²) < 4.78 is 0. The van der Waals surface area contributed by atoms with E-state index in [1.54, 1.807) is 6.08 Å². The maximum atomic E-state index is 4.43. The Morgan fingerprint density at radius 3 is 2.00 bits per heavy atom. The Kier molecular flexibility index (Phi) is 4.61. The van der Waals surface area contributed by atoms with Crippen LogP contribution in [0.5, 0.6) is 0 Å². The molecule has 0 spiro atoms. The van der Waals surface area contributed by atoms with Gasteiger partial charge in [-0.15, -0.1) is 6.58 Å². The first-order valence-electron chi connectivity index (χ1n) is 2.66. The average Bonchev–Trinajstić information content (AvgIpc) is 1.64. The summed E-state index contributed by atoms with van der Waals surface area (Å²) in [4.78, 5) is 8.77. The lowest BCUT2D eigenvalue weighted by Crippen LogP contribution is -2.26. The highest BCUT2D eigenvalue weighted by molar-refractivity contribution is 4.51. The van der Waals surface area contributed by atoms with Gasteiger partial charge in [0.15, 0.2) is 0 Å². The van der Waals surface area contributed by atoms with Gasteiger partial charge in [-0.05, 0) is 13.8 Å². The minimum Gasteiger partial charge on any atom is -0.234 e. The first kappa shape index (κ1) is 7.66. The molecule has 1 heterocycles. The van der Waals surface area contributed by atoms with Crippen LogP contribution in [0.15, 0.2) is 12.7 Å². The zero-order valence-corrected chi connectivity index (χ0v) is 5.39. The van der Waals surface area contributed by atoms with E-state index in [2.05, 4.69) is 16.4 Å². The Bertz CT molecular complexity index is 57.5. The molecule has 0 radical (unpaired) electrons. The Morgan fingerprint density at radius 1 is 1.75 bits per heavy atom. The monoisotopic (exact) mass is 116 g/mol. The van der Waals surface area contributed by atoms with Gasteiger partial charge in [0.25, 0.3) is 0 Å². The average molecular weight is 116 g/mol. The molecule has 1 atom stereocenters. The maximum absolute atomic E-state index is 4.43. The van der Waals surface area contributed by atoms with Crippen molar-refractivity contribution >= 4 is 0 Å². The van der Waals surface area contributed by atoms with E-state index in [4.69, 9.17) is 0 Å². The second-order valence-corrected chi connectivity index (χ2v) is 1.60. The quantitative estimate of drug-likeness (QED) is 0.353. The number of hydrogen-bond donors (Lipinski definition) is 0. The van der Waals surface area contributed by atoms with Gasteiger partial charge in [-0.2, -0.15) is 0 Å². The van der Waals surface area contributed by atoms with Crippen LogP contribution in [0, 0.1) is 0 Å². The molecule has 0 aromatic rings. The summed E-state index contributed by atoms with van der Waals surface area (Å²) in [5.74, 6) is 0. The minimum atomic E-state index is 0.343. The molecule has 2 heteroatoms. The van der Waals surface area contributed by atoms with Crippen molar-refractivity contribution in [2.45, 2.75) is 20.0 Å². The first-order valence-corrected chi connectivity index (χ1v) is 2.66. The van der Waals surface area contributed by atoms with Crippen molar-refractivity contribution in [3.63, 3.8) is 0 Å². The third-order valence-electron chi connectivity index (χ3n) is 0.535. The van der Waals surface area contributed by atoms with E-state index in [1.165, 1.54) is 0 Å². The smallest absolute Gasteiger partial charge is 0.117 e. The number of rotatable bonds is 0. The molecule has 48 valence electrons. The van der Waals surface area contributed by atoms with Gasteiger partial charge in [-0.3, -0.25) is 0 Å². The second-order valence-electron chi connectivity index (χ2n) is 1.60. The van der Waals surface area contributed by atoms with Crippen molar-refractivity contribution in [2.24, 2.45) is 0 Å². The van der Waals surface area contributed by atoms with Crippen LogP contribution in [0.2, 0.25) is 0 Å². The number of hydrogen-bond acceptors (Lipinski definition) is 2. The van der Waals surface area contributed by atoms with Crippen molar-refractivity contribution in [1.29, 1.82) is 0 Å². The summed E-state index contributed by atoms with van der Waals surface area (Å²) in [5, 5.41) is 0. The van der Waals surface area contributed by atoms with E-state index >= 15 is 0 Å². The molecule has 0 aliphatic carbocycles. The van der Waals surface area contributed by atoms with Gasteiger partial charge in [0, 0.05) is 0 Å². The molecule has 1 rings (SSSR count). The van der Waals surface area contributed by atoms with Gasteiger partial charge >= 0.3 is 0 Å². The summed E-state index contributed by atoms with van der Waals surface area (Å²) in [5.41, 5.74) is 0. The molecule has 2 nitrogen and oxygen atoms in total. The van der Waals surface area contributed by atoms with Gasteiger partial charge < -0.3 is 0 Å². The van der Waals surface area contributed by atoms with Gasteiger partial charge in [0.05, 0.1) is 0 Å². The van der Waals surface area contributed by atoms with Crippen LogP contribution in [0.4, 0.5) is 0 Å². The molecule has 1 saturated heterocycles. The van der Waals surface area contributed by atoms with Crippen LogP contribution in [-0.2, 0) is 9.78 Å². The SMILES string of the molecule is C=CC.CC1COO1. The van der Waals surface area contributed by atoms with E-state index in [0.29, 0.717) is 6.10 Å². The fraction of sp³-hybridized carbons (Fsp3) is 0.667. The fourth-order valence-electron chi connectivity index (χ4n) is 0.204. The minimum absolute atomic E-state index is 0.343. The van der Waals surface area contributed by atoms with E-state index in [9.17, 15) is 0 Å². The molecule has 0 aromatic heterocycles. The van der Waals surface area contributed by atoms with Crippen LogP contribution < -0.4 is 0 Å².